The van der Waals surface area contributed by atoms with Crippen molar-refractivity contribution in [1.82, 2.24) is 10.2 Å². The van der Waals surface area contributed by atoms with Gasteiger partial charge in [0.15, 0.2) is 0 Å². The van der Waals surface area contributed by atoms with Crippen LogP contribution in [0.3, 0.4) is 0 Å². The molecule has 28 heavy (non-hydrogen) atoms. The molecule has 1 atom stereocenters. The lowest BCUT2D eigenvalue weighted by atomic mass is 9.80. The zero-order valence-electron chi connectivity index (χ0n) is 16.2. The molecule has 6 heteroatoms. The molecule has 2 amide bonds. The Labute approximate surface area is 164 Å². The number of hydrogen-bond donors (Lipinski definition) is 1. The zero-order chi connectivity index (χ0) is 20.1. The van der Waals surface area contributed by atoms with E-state index >= 15 is 0 Å². The van der Waals surface area contributed by atoms with Crippen molar-refractivity contribution in [2.24, 2.45) is 5.41 Å². The third-order valence-electron chi connectivity index (χ3n) is 5.24. The molecule has 0 aliphatic carbocycles. The number of nitrogens with zero attached hydrogens (tertiary/aromatic N) is 1. The number of carbonyl (C=O) groups is 2. The number of carbonyl (C=O) groups excluding carboxylic acids is 2. The number of rotatable bonds is 5. The minimum absolute atomic E-state index is 0.0695. The molecule has 0 aromatic heterocycles. The number of piperidine rings is 1. The Kier molecular flexibility index (Phi) is 5.97. The summed E-state index contributed by atoms with van der Waals surface area (Å²) in [6.45, 7) is 3.25. The number of hydrogen-bond acceptors (Lipinski definition) is 3. The summed E-state index contributed by atoms with van der Waals surface area (Å²) >= 11 is 0. The van der Waals surface area contributed by atoms with Crippen LogP contribution < -0.4 is 10.1 Å². The molecule has 5 nitrogen and oxygen atoms in total. The van der Waals surface area contributed by atoms with Crippen LogP contribution in [0, 0.1) is 11.2 Å². The highest BCUT2D eigenvalue weighted by molar-refractivity contribution is 5.95. The largest absolute Gasteiger partial charge is 0.497 e. The molecule has 0 spiro atoms. The van der Waals surface area contributed by atoms with E-state index in [0.29, 0.717) is 31.6 Å². The second-order valence-corrected chi connectivity index (χ2v) is 7.43. The molecule has 3 rings (SSSR count). The number of ether oxygens (including phenoxy) is 1. The molecule has 1 N–H and O–H groups in total. The molecule has 2 aromatic rings. The van der Waals surface area contributed by atoms with E-state index in [1.807, 2.05) is 31.2 Å². The lowest BCUT2D eigenvalue weighted by molar-refractivity contribution is -0.132. The molecule has 0 saturated carbocycles. The van der Waals surface area contributed by atoms with Gasteiger partial charge < -0.3 is 15.0 Å². The van der Waals surface area contributed by atoms with E-state index in [-0.39, 0.29) is 17.6 Å². The first-order valence-electron chi connectivity index (χ1n) is 9.37. The van der Waals surface area contributed by atoms with Crippen LogP contribution in [-0.2, 0) is 11.3 Å². The van der Waals surface area contributed by atoms with Gasteiger partial charge in [-0.3, -0.25) is 9.59 Å². The third kappa shape index (κ3) is 4.50. The Bertz CT molecular complexity index is 836. The molecular weight excluding hydrogens is 359 g/mol. The maximum Gasteiger partial charge on any atom is 0.253 e. The number of likely N-dealkylation sites (tertiary alicyclic amines) is 1. The predicted molar refractivity (Wildman–Crippen MR) is 104 cm³/mol. The molecule has 148 valence electrons. The van der Waals surface area contributed by atoms with Crippen molar-refractivity contribution in [3.63, 3.8) is 0 Å². The fourth-order valence-corrected chi connectivity index (χ4v) is 3.51. The lowest BCUT2D eigenvalue weighted by Crippen LogP contribution is -2.51. The van der Waals surface area contributed by atoms with Crippen molar-refractivity contribution < 1.29 is 18.7 Å². The molecule has 0 unspecified atom stereocenters. The second kappa shape index (κ2) is 8.42. The Morgan fingerprint density at radius 1 is 1.14 bits per heavy atom. The highest BCUT2D eigenvalue weighted by Crippen LogP contribution is 2.30. The van der Waals surface area contributed by atoms with Crippen molar-refractivity contribution in [2.75, 3.05) is 20.2 Å². The second-order valence-electron chi connectivity index (χ2n) is 7.43. The number of amides is 2. The van der Waals surface area contributed by atoms with Crippen molar-refractivity contribution in [3.05, 3.63) is 65.5 Å². The number of nitrogens with one attached hydrogen (secondary N) is 1. The summed E-state index contributed by atoms with van der Waals surface area (Å²) in [7, 11) is 1.61. The van der Waals surface area contributed by atoms with Gasteiger partial charge >= 0.3 is 0 Å². The van der Waals surface area contributed by atoms with Gasteiger partial charge in [-0.05, 0) is 61.7 Å². The van der Waals surface area contributed by atoms with Gasteiger partial charge in [-0.25, -0.2) is 4.39 Å². The predicted octanol–water partition coefficient (Wildman–Crippen LogP) is 3.39. The van der Waals surface area contributed by atoms with E-state index in [1.54, 1.807) is 12.0 Å². The summed E-state index contributed by atoms with van der Waals surface area (Å²) in [6.07, 6.45) is 1.47. The average molecular weight is 384 g/mol. The standard InChI is InChI=1S/C22H25FN2O3/c1-22(21(27)24-14-16-4-10-19(28-2)11-5-16)12-3-13-25(15-22)20(26)17-6-8-18(23)9-7-17/h4-11H,3,12-15H2,1-2H3,(H,24,27)/t22-/m0/s1. The van der Waals surface area contributed by atoms with Gasteiger partial charge in [0.2, 0.25) is 5.91 Å². The topological polar surface area (TPSA) is 58.6 Å². The van der Waals surface area contributed by atoms with Crippen molar-refractivity contribution >= 4 is 11.8 Å². The monoisotopic (exact) mass is 384 g/mol. The molecule has 1 aliphatic rings. The Morgan fingerprint density at radius 3 is 2.46 bits per heavy atom. The summed E-state index contributed by atoms with van der Waals surface area (Å²) in [4.78, 5) is 27.2. The van der Waals surface area contributed by atoms with Crippen LogP contribution in [0.1, 0.15) is 35.7 Å². The molecule has 0 bridgehead atoms. The van der Waals surface area contributed by atoms with E-state index < -0.39 is 5.41 Å². The normalized spacial score (nSPS) is 19.2. The van der Waals surface area contributed by atoms with Gasteiger partial charge in [0.1, 0.15) is 11.6 Å². The maximum atomic E-state index is 13.1. The summed E-state index contributed by atoms with van der Waals surface area (Å²) < 4.78 is 18.2. The number of benzene rings is 2. The quantitative estimate of drug-likeness (QED) is 0.860. The lowest BCUT2D eigenvalue weighted by Gasteiger charge is -2.39. The summed E-state index contributed by atoms with van der Waals surface area (Å²) in [6, 6.07) is 13.0. The van der Waals surface area contributed by atoms with Gasteiger partial charge in [-0.2, -0.15) is 0 Å². The Morgan fingerprint density at radius 2 is 1.82 bits per heavy atom. The van der Waals surface area contributed by atoms with Crippen LogP contribution >= 0.6 is 0 Å². The highest BCUT2D eigenvalue weighted by atomic mass is 19.1. The minimum atomic E-state index is -0.652. The van der Waals surface area contributed by atoms with Crippen LogP contribution in [0.25, 0.3) is 0 Å². The van der Waals surface area contributed by atoms with Crippen molar-refractivity contribution in [1.29, 1.82) is 0 Å². The van der Waals surface area contributed by atoms with Crippen LogP contribution in [0.15, 0.2) is 48.5 Å². The molecule has 2 aromatic carbocycles. The maximum absolute atomic E-state index is 13.1. The van der Waals surface area contributed by atoms with Gasteiger partial charge in [0, 0.05) is 25.2 Å². The zero-order valence-corrected chi connectivity index (χ0v) is 16.2. The van der Waals surface area contributed by atoms with E-state index in [4.69, 9.17) is 4.74 Å². The van der Waals surface area contributed by atoms with Crippen LogP contribution in [0.5, 0.6) is 5.75 Å². The Balaban J connectivity index is 1.62. The van der Waals surface area contributed by atoms with Gasteiger partial charge in [0.05, 0.1) is 12.5 Å². The summed E-state index contributed by atoms with van der Waals surface area (Å²) in [5, 5.41) is 2.99. The smallest absolute Gasteiger partial charge is 0.253 e. The van der Waals surface area contributed by atoms with E-state index in [2.05, 4.69) is 5.32 Å². The highest BCUT2D eigenvalue weighted by Gasteiger charge is 2.39. The molecule has 1 fully saturated rings. The molecule has 1 saturated heterocycles. The Hall–Kier alpha value is -2.89. The first-order chi connectivity index (χ1) is 13.4. The van der Waals surface area contributed by atoms with Crippen LogP contribution in [0.2, 0.25) is 0 Å². The molecule has 0 radical (unpaired) electrons. The summed E-state index contributed by atoms with van der Waals surface area (Å²) in [5.74, 6) is 0.149. The van der Waals surface area contributed by atoms with Crippen molar-refractivity contribution in [2.45, 2.75) is 26.3 Å². The van der Waals surface area contributed by atoms with Crippen LogP contribution in [-0.4, -0.2) is 36.9 Å². The van der Waals surface area contributed by atoms with E-state index in [9.17, 15) is 14.0 Å². The van der Waals surface area contributed by atoms with Crippen molar-refractivity contribution in [3.8, 4) is 5.75 Å². The van der Waals surface area contributed by atoms with E-state index in [0.717, 1.165) is 17.7 Å². The number of halogens is 1. The minimum Gasteiger partial charge on any atom is -0.497 e. The average Bonchev–Trinajstić information content (AvgIpc) is 2.72. The fourth-order valence-electron chi connectivity index (χ4n) is 3.51. The molecule has 1 heterocycles. The third-order valence-corrected chi connectivity index (χ3v) is 5.24. The fraction of sp³-hybridized carbons (Fsp3) is 0.364. The first-order valence-corrected chi connectivity index (χ1v) is 9.37. The van der Waals surface area contributed by atoms with Gasteiger partial charge in [0.25, 0.3) is 5.91 Å². The first kappa shape index (κ1) is 19.9. The van der Waals surface area contributed by atoms with E-state index in [1.165, 1.54) is 24.3 Å². The number of methoxy groups -OCH3 is 1. The van der Waals surface area contributed by atoms with Gasteiger partial charge in [-0.1, -0.05) is 12.1 Å². The molecule has 1 aliphatic heterocycles. The molecular formula is C22H25FN2O3. The van der Waals surface area contributed by atoms with Gasteiger partial charge in [-0.15, -0.1) is 0 Å². The summed E-state index contributed by atoms with van der Waals surface area (Å²) in [5.41, 5.74) is 0.762. The van der Waals surface area contributed by atoms with Crippen LogP contribution in [0.4, 0.5) is 4.39 Å². The SMILES string of the molecule is COc1ccc(CNC(=O)[C@@]2(C)CCCN(C(=O)c3ccc(F)cc3)C2)cc1.